The van der Waals surface area contributed by atoms with Crippen LogP contribution in [-0.2, 0) is 10.2 Å². The molecular formula is C14H17BrO4. The van der Waals surface area contributed by atoms with Crippen molar-refractivity contribution >= 4 is 21.9 Å². The molecule has 2 N–H and O–H groups in total. The number of rotatable bonds is 3. The number of methoxy groups -OCH3 is 1. The number of aliphatic carboxylic acids is 1. The molecule has 1 aliphatic rings. The van der Waals surface area contributed by atoms with Gasteiger partial charge in [0.05, 0.1) is 17.0 Å². The van der Waals surface area contributed by atoms with Crippen LogP contribution in [0, 0.1) is 0 Å². The second-order valence-corrected chi connectivity index (χ2v) is 5.78. The highest BCUT2D eigenvalue weighted by atomic mass is 79.9. The maximum atomic E-state index is 11.8. The molecular weight excluding hydrogens is 312 g/mol. The summed E-state index contributed by atoms with van der Waals surface area (Å²) >= 11 is 3.22. The Bertz CT molecular complexity index is 492. The van der Waals surface area contributed by atoms with E-state index in [9.17, 15) is 15.0 Å². The van der Waals surface area contributed by atoms with Crippen LogP contribution in [0.25, 0.3) is 0 Å². The summed E-state index contributed by atoms with van der Waals surface area (Å²) in [7, 11) is 1.45. The zero-order chi connectivity index (χ0) is 14.0. The van der Waals surface area contributed by atoms with Crippen LogP contribution in [0.5, 0.6) is 11.5 Å². The molecule has 1 aromatic rings. The third-order valence-corrected chi connectivity index (χ3v) is 4.56. The van der Waals surface area contributed by atoms with Crippen molar-refractivity contribution in [1.29, 1.82) is 0 Å². The normalized spacial score (nSPS) is 18.0. The number of halogens is 1. The molecule has 0 atom stereocenters. The van der Waals surface area contributed by atoms with Gasteiger partial charge in [0.1, 0.15) is 0 Å². The van der Waals surface area contributed by atoms with E-state index in [0.717, 1.165) is 19.3 Å². The highest BCUT2D eigenvalue weighted by Gasteiger charge is 2.44. The summed E-state index contributed by atoms with van der Waals surface area (Å²) in [4.78, 5) is 11.8. The zero-order valence-electron chi connectivity index (χ0n) is 10.8. The molecule has 0 radical (unpaired) electrons. The van der Waals surface area contributed by atoms with Gasteiger partial charge in [0, 0.05) is 5.56 Å². The predicted molar refractivity (Wildman–Crippen MR) is 74.8 cm³/mol. The van der Waals surface area contributed by atoms with Gasteiger partial charge in [0.15, 0.2) is 11.5 Å². The topological polar surface area (TPSA) is 66.8 Å². The summed E-state index contributed by atoms with van der Waals surface area (Å²) in [6.07, 6.45) is 3.98. The van der Waals surface area contributed by atoms with E-state index < -0.39 is 11.4 Å². The second-order valence-electron chi connectivity index (χ2n) is 4.92. The Morgan fingerprint density at radius 2 is 1.95 bits per heavy atom. The number of carboxylic acids is 1. The molecule has 104 valence electrons. The summed E-state index contributed by atoms with van der Waals surface area (Å²) in [6.45, 7) is 0. The minimum absolute atomic E-state index is 0.0359. The molecule has 0 spiro atoms. The third-order valence-electron chi connectivity index (χ3n) is 3.92. The lowest BCUT2D eigenvalue weighted by molar-refractivity contribution is -0.145. The molecule has 1 saturated carbocycles. The lowest BCUT2D eigenvalue weighted by Gasteiger charge is -2.34. The first kappa shape index (κ1) is 14.2. The van der Waals surface area contributed by atoms with Crippen LogP contribution in [-0.4, -0.2) is 23.3 Å². The Labute approximate surface area is 120 Å². The molecule has 0 aliphatic heterocycles. The first-order valence-electron chi connectivity index (χ1n) is 6.32. The molecule has 0 heterocycles. The summed E-state index contributed by atoms with van der Waals surface area (Å²) < 4.78 is 5.75. The molecule has 0 aromatic heterocycles. The SMILES string of the molecule is COc1c(C2(C(=O)O)CCCCC2)ccc(Br)c1O. The number of aromatic hydroxyl groups is 1. The number of hydrogen-bond donors (Lipinski definition) is 2. The van der Waals surface area contributed by atoms with Gasteiger partial charge in [-0.15, -0.1) is 0 Å². The van der Waals surface area contributed by atoms with Crippen molar-refractivity contribution in [3.63, 3.8) is 0 Å². The average molecular weight is 329 g/mol. The van der Waals surface area contributed by atoms with E-state index in [-0.39, 0.29) is 11.5 Å². The molecule has 1 fully saturated rings. The quantitative estimate of drug-likeness (QED) is 0.891. The first-order chi connectivity index (χ1) is 9.03. The molecule has 2 rings (SSSR count). The third kappa shape index (κ3) is 2.31. The van der Waals surface area contributed by atoms with Crippen LogP contribution in [0.1, 0.15) is 37.7 Å². The van der Waals surface area contributed by atoms with E-state index >= 15 is 0 Å². The number of carbonyl (C=O) groups is 1. The first-order valence-corrected chi connectivity index (χ1v) is 7.11. The van der Waals surface area contributed by atoms with Crippen molar-refractivity contribution in [2.24, 2.45) is 0 Å². The molecule has 0 unspecified atom stereocenters. The number of ether oxygens (including phenoxy) is 1. The van der Waals surface area contributed by atoms with Crippen molar-refractivity contribution in [2.45, 2.75) is 37.5 Å². The Kier molecular flexibility index (Phi) is 4.04. The van der Waals surface area contributed by atoms with Crippen molar-refractivity contribution in [3.05, 3.63) is 22.2 Å². The lowest BCUT2D eigenvalue weighted by Crippen LogP contribution is -2.38. The fraction of sp³-hybridized carbons (Fsp3) is 0.500. The Morgan fingerprint density at radius 3 is 2.47 bits per heavy atom. The molecule has 19 heavy (non-hydrogen) atoms. The molecule has 0 saturated heterocycles. The number of benzene rings is 1. The Hall–Kier alpha value is -1.23. The van der Waals surface area contributed by atoms with Crippen LogP contribution >= 0.6 is 15.9 Å². The van der Waals surface area contributed by atoms with E-state index in [0.29, 0.717) is 22.9 Å². The maximum Gasteiger partial charge on any atom is 0.314 e. The molecule has 1 aliphatic carbocycles. The number of hydrogen-bond acceptors (Lipinski definition) is 3. The van der Waals surface area contributed by atoms with Gasteiger partial charge in [-0.05, 0) is 34.8 Å². The van der Waals surface area contributed by atoms with Gasteiger partial charge in [-0.3, -0.25) is 4.79 Å². The standard InChI is InChI=1S/C14H17BrO4/c1-19-12-9(5-6-10(15)11(12)16)14(13(17)18)7-3-2-4-8-14/h5-6,16H,2-4,7-8H2,1H3,(H,17,18). The average Bonchev–Trinajstić information content (AvgIpc) is 2.42. The summed E-state index contributed by atoms with van der Waals surface area (Å²) in [5.74, 6) is -0.614. The van der Waals surface area contributed by atoms with E-state index in [2.05, 4.69) is 15.9 Å². The van der Waals surface area contributed by atoms with E-state index in [1.807, 2.05) is 0 Å². The summed E-state index contributed by atoms with van der Waals surface area (Å²) in [5, 5.41) is 19.7. The van der Waals surface area contributed by atoms with Crippen molar-refractivity contribution in [1.82, 2.24) is 0 Å². The highest BCUT2D eigenvalue weighted by Crippen LogP contribution is 2.48. The van der Waals surface area contributed by atoms with Crippen LogP contribution < -0.4 is 4.74 Å². The van der Waals surface area contributed by atoms with Gasteiger partial charge < -0.3 is 14.9 Å². The smallest absolute Gasteiger partial charge is 0.314 e. The zero-order valence-corrected chi connectivity index (χ0v) is 12.4. The summed E-state index contributed by atoms with van der Waals surface area (Å²) in [6, 6.07) is 3.41. The fourth-order valence-corrected chi connectivity index (χ4v) is 3.20. The van der Waals surface area contributed by atoms with Crippen LogP contribution in [0.15, 0.2) is 16.6 Å². The molecule has 5 heteroatoms. The van der Waals surface area contributed by atoms with E-state index in [1.54, 1.807) is 12.1 Å². The fourth-order valence-electron chi connectivity index (χ4n) is 2.88. The van der Waals surface area contributed by atoms with Gasteiger partial charge in [-0.2, -0.15) is 0 Å². The van der Waals surface area contributed by atoms with Crippen molar-refractivity contribution < 1.29 is 19.7 Å². The monoisotopic (exact) mass is 328 g/mol. The summed E-state index contributed by atoms with van der Waals surface area (Å²) in [5.41, 5.74) is -0.371. The number of phenolic OH excluding ortho intramolecular Hbond substituents is 1. The largest absolute Gasteiger partial charge is 0.503 e. The molecule has 0 bridgehead atoms. The van der Waals surface area contributed by atoms with Gasteiger partial charge in [-0.1, -0.05) is 25.3 Å². The van der Waals surface area contributed by atoms with Gasteiger partial charge in [0.25, 0.3) is 0 Å². The van der Waals surface area contributed by atoms with Crippen LogP contribution in [0.2, 0.25) is 0 Å². The number of carboxylic acid groups (broad SMARTS) is 1. The van der Waals surface area contributed by atoms with Crippen molar-refractivity contribution in [2.75, 3.05) is 7.11 Å². The van der Waals surface area contributed by atoms with Gasteiger partial charge in [0.2, 0.25) is 0 Å². The maximum absolute atomic E-state index is 11.8. The Morgan fingerprint density at radius 1 is 1.32 bits per heavy atom. The minimum atomic E-state index is -0.943. The van der Waals surface area contributed by atoms with Crippen LogP contribution in [0.3, 0.4) is 0 Å². The highest BCUT2D eigenvalue weighted by molar-refractivity contribution is 9.10. The van der Waals surface area contributed by atoms with Crippen LogP contribution in [0.4, 0.5) is 0 Å². The second kappa shape index (κ2) is 5.41. The predicted octanol–water partition coefficient (Wildman–Crippen LogP) is 3.45. The van der Waals surface area contributed by atoms with Gasteiger partial charge >= 0.3 is 5.97 Å². The Balaban J connectivity index is 2.60. The minimum Gasteiger partial charge on any atom is -0.503 e. The molecule has 1 aromatic carbocycles. The number of phenols is 1. The molecule has 4 nitrogen and oxygen atoms in total. The lowest BCUT2D eigenvalue weighted by atomic mass is 9.69. The van der Waals surface area contributed by atoms with E-state index in [4.69, 9.17) is 4.74 Å². The van der Waals surface area contributed by atoms with Crippen molar-refractivity contribution in [3.8, 4) is 11.5 Å². The van der Waals surface area contributed by atoms with Gasteiger partial charge in [-0.25, -0.2) is 0 Å². The van der Waals surface area contributed by atoms with E-state index in [1.165, 1.54) is 7.11 Å². The molecule has 0 amide bonds.